The SMILES string of the molecule is CC(C)c1nc(/C=C/c2ccc(O)c(C(=O)O)c2)ncc1C(=O)O. The number of nitrogens with zero attached hydrogens (tertiary/aromatic N) is 2. The molecule has 0 atom stereocenters. The Hall–Kier alpha value is -3.22. The number of hydrogen-bond donors (Lipinski definition) is 3. The van der Waals surface area contributed by atoms with E-state index in [0.29, 0.717) is 17.1 Å². The van der Waals surface area contributed by atoms with E-state index in [9.17, 15) is 14.7 Å². The lowest BCUT2D eigenvalue weighted by Gasteiger charge is -2.08. The van der Waals surface area contributed by atoms with Crippen LogP contribution in [0, 0.1) is 0 Å². The molecule has 0 saturated carbocycles. The van der Waals surface area contributed by atoms with Gasteiger partial charge in [-0.1, -0.05) is 26.0 Å². The standard InChI is InChI=1S/C17H16N2O5/c1-9(2)15-12(17(23)24)8-18-14(19-15)6-4-10-3-5-13(20)11(7-10)16(21)22/h3-9,20H,1-2H3,(H,21,22)(H,23,24)/b6-4+. The first-order chi connectivity index (χ1) is 11.3. The van der Waals surface area contributed by atoms with Crippen molar-refractivity contribution in [3.8, 4) is 5.75 Å². The Bertz CT molecular complexity index is 828. The van der Waals surface area contributed by atoms with Crippen molar-refractivity contribution in [1.29, 1.82) is 0 Å². The van der Waals surface area contributed by atoms with Gasteiger partial charge in [-0.25, -0.2) is 19.6 Å². The molecule has 0 aliphatic carbocycles. The molecule has 0 fully saturated rings. The van der Waals surface area contributed by atoms with Crippen LogP contribution < -0.4 is 0 Å². The zero-order valence-corrected chi connectivity index (χ0v) is 13.1. The van der Waals surface area contributed by atoms with Crippen molar-refractivity contribution in [2.45, 2.75) is 19.8 Å². The molecule has 7 heteroatoms. The lowest BCUT2D eigenvalue weighted by Crippen LogP contribution is -2.08. The Labute approximate surface area is 137 Å². The van der Waals surface area contributed by atoms with Gasteiger partial charge in [0.1, 0.15) is 11.3 Å². The molecule has 1 aromatic carbocycles. The molecule has 1 heterocycles. The minimum atomic E-state index is -1.23. The van der Waals surface area contributed by atoms with Gasteiger partial charge in [0, 0.05) is 6.20 Å². The number of rotatable bonds is 5. The van der Waals surface area contributed by atoms with Crippen molar-refractivity contribution in [2.75, 3.05) is 0 Å². The van der Waals surface area contributed by atoms with Crippen molar-refractivity contribution in [2.24, 2.45) is 0 Å². The van der Waals surface area contributed by atoms with Gasteiger partial charge >= 0.3 is 11.9 Å². The molecule has 0 bridgehead atoms. The fourth-order valence-corrected chi connectivity index (χ4v) is 2.09. The van der Waals surface area contributed by atoms with Crippen LogP contribution in [0.1, 0.15) is 57.6 Å². The van der Waals surface area contributed by atoms with Crippen LogP contribution in [0.15, 0.2) is 24.4 Å². The number of phenols is 1. The monoisotopic (exact) mass is 328 g/mol. The summed E-state index contributed by atoms with van der Waals surface area (Å²) in [6.07, 6.45) is 4.39. The summed E-state index contributed by atoms with van der Waals surface area (Å²) in [5, 5.41) is 27.6. The maximum atomic E-state index is 11.2. The van der Waals surface area contributed by atoms with Gasteiger partial charge in [0.15, 0.2) is 5.82 Å². The van der Waals surface area contributed by atoms with Crippen LogP contribution in [0.4, 0.5) is 0 Å². The van der Waals surface area contributed by atoms with Crippen molar-refractivity contribution in [3.05, 3.63) is 52.6 Å². The predicted octanol–water partition coefficient (Wildman–Crippen LogP) is 2.87. The Morgan fingerprint density at radius 2 is 1.75 bits per heavy atom. The lowest BCUT2D eigenvalue weighted by atomic mass is 10.1. The highest BCUT2D eigenvalue weighted by atomic mass is 16.4. The number of aromatic nitrogens is 2. The Kier molecular flexibility index (Phi) is 4.93. The average Bonchev–Trinajstić information content (AvgIpc) is 2.53. The van der Waals surface area contributed by atoms with Crippen molar-refractivity contribution in [3.63, 3.8) is 0 Å². The van der Waals surface area contributed by atoms with Crippen LogP contribution in [-0.4, -0.2) is 37.2 Å². The molecule has 2 rings (SSSR count). The minimum Gasteiger partial charge on any atom is -0.507 e. The molecular weight excluding hydrogens is 312 g/mol. The molecule has 24 heavy (non-hydrogen) atoms. The Morgan fingerprint density at radius 3 is 2.33 bits per heavy atom. The zero-order chi connectivity index (χ0) is 17.9. The van der Waals surface area contributed by atoms with E-state index in [-0.39, 0.29) is 22.8 Å². The topological polar surface area (TPSA) is 121 Å². The highest BCUT2D eigenvalue weighted by Gasteiger charge is 2.15. The predicted molar refractivity (Wildman–Crippen MR) is 87.1 cm³/mol. The van der Waals surface area contributed by atoms with E-state index in [1.165, 1.54) is 18.3 Å². The second-order valence-corrected chi connectivity index (χ2v) is 5.40. The zero-order valence-electron chi connectivity index (χ0n) is 13.1. The van der Waals surface area contributed by atoms with E-state index in [4.69, 9.17) is 10.2 Å². The highest BCUT2D eigenvalue weighted by molar-refractivity contribution is 5.92. The maximum absolute atomic E-state index is 11.2. The molecule has 3 N–H and O–H groups in total. The number of carboxylic acid groups (broad SMARTS) is 2. The van der Waals surface area contributed by atoms with Gasteiger partial charge in [0.25, 0.3) is 0 Å². The molecular formula is C17H16N2O5. The smallest absolute Gasteiger partial charge is 0.339 e. The fourth-order valence-electron chi connectivity index (χ4n) is 2.09. The first kappa shape index (κ1) is 17.1. The van der Waals surface area contributed by atoms with Gasteiger partial charge in [-0.15, -0.1) is 0 Å². The van der Waals surface area contributed by atoms with Gasteiger partial charge in [0.05, 0.1) is 11.3 Å². The third-order valence-corrected chi connectivity index (χ3v) is 3.29. The highest BCUT2D eigenvalue weighted by Crippen LogP contribution is 2.20. The minimum absolute atomic E-state index is 0.0555. The van der Waals surface area contributed by atoms with Crippen LogP contribution >= 0.6 is 0 Å². The summed E-state index contributed by atoms with van der Waals surface area (Å²) >= 11 is 0. The van der Waals surface area contributed by atoms with Crippen LogP contribution in [0.3, 0.4) is 0 Å². The molecule has 124 valence electrons. The van der Waals surface area contributed by atoms with Crippen molar-refractivity contribution >= 4 is 24.1 Å². The summed E-state index contributed by atoms with van der Waals surface area (Å²) < 4.78 is 0. The second-order valence-electron chi connectivity index (χ2n) is 5.40. The van der Waals surface area contributed by atoms with Crippen LogP contribution in [0.2, 0.25) is 0 Å². The van der Waals surface area contributed by atoms with E-state index in [1.807, 2.05) is 13.8 Å². The van der Waals surface area contributed by atoms with Crippen molar-refractivity contribution < 1.29 is 24.9 Å². The van der Waals surface area contributed by atoms with E-state index in [1.54, 1.807) is 18.2 Å². The molecule has 0 aliphatic rings. The largest absolute Gasteiger partial charge is 0.507 e. The number of aromatic hydroxyl groups is 1. The molecule has 2 aromatic rings. The van der Waals surface area contributed by atoms with Gasteiger partial charge in [0.2, 0.25) is 0 Å². The summed E-state index contributed by atoms with van der Waals surface area (Å²) in [6, 6.07) is 4.16. The lowest BCUT2D eigenvalue weighted by molar-refractivity contribution is 0.0682. The van der Waals surface area contributed by atoms with Gasteiger partial charge < -0.3 is 15.3 Å². The summed E-state index contributed by atoms with van der Waals surface area (Å²) in [7, 11) is 0. The van der Waals surface area contributed by atoms with E-state index >= 15 is 0 Å². The third-order valence-electron chi connectivity index (χ3n) is 3.29. The molecule has 0 unspecified atom stereocenters. The maximum Gasteiger partial charge on any atom is 0.339 e. The number of carboxylic acids is 2. The quantitative estimate of drug-likeness (QED) is 0.771. The van der Waals surface area contributed by atoms with Crippen LogP contribution in [0.25, 0.3) is 12.2 Å². The summed E-state index contributed by atoms with van der Waals surface area (Å²) in [5.74, 6) is -2.40. The molecule has 7 nitrogen and oxygen atoms in total. The number of hydrogen-bond acceptors (Lipinski definition) is 5. The van der Waals surface area contributed by atoms with Gasteiger partial charge in [-0.2, -0.15) is 0 Å². The first-order valence-electron chi connectivity index (χ1n) is 7.14. The molecule has 0 amide bonds. The van der Waals surface area contributed by atoms with E-state index < -0.39 is 11.9 Å². The molecule has 0 radical (unpaired) electrons. The van der Waals surface area contributed by atoms with Gasteiger partial charge in [-0.3, -0.25) is 0 Å². The van der Waals surface area contributed by atoms with Crippen LogP contribution in [-0.2, 0) is 0 Å². The number of benzene rings is 1. The summed E-state index contributed by atoms with van der Waals surface area (Å²) in [6.45, 7) is 3.67. The molecule has 0 saturated heterocycles. The third kappa shape index (κ3) is 3.75. The fraction of sp³-hybridized carbons (Fsp3) is 0.176. The van der Waals surface area contributed by atoms with Crippen molar-refractivity contribution in [1.82, 2.24) is 9.97 Å². The molecule has 0 spiro atoms. The molecule has 1 aromatic heterocycles. The first-order valence-corrected chi connectivity index (χ1v) is 7.14. The number of aromatic carboxylic acids is 2. The Morgan fingerprint density at radius 1 is 1.08 bits per heavy atom. The van der Waals surface area contributed by atoms with E-state index in [0.717, 1.165) is 0 Å². The second kappa shape index (κ2) is 6.91. The summed E-state index contributed by atoms with van der Waals surface area (Å²) in [4.78, 5) is 30.4. The average molecular weight is 328 g/mol. The van der Waals surface area contributed by atoms with Gasteiger partial charge in [-0.05, 0) is 29.7 Å². The molecule has 0 aliphatic heterocycles. The summed E-state index contributed by atoms with van der Waals surface area (Å²) in [5.41, 5.74) is 0.818. The number of carbonyl (C=O) groups is 2. The Balaban J connectivity index is 2.36. The van der Waals surface area contributed by atoms with Crippen LogP contribution in [0.5, 0.6) is 5.75 Å². The van der Waals surface area contributed by atoms with E-state index in [2.05, 4.69) is 9.97 Å². The normalized spacial score (nSPS) is 11.1.